The first-order valence-electron chi connectivity index (χ1n) is 3.44. The van der Waals surface area contributed by atoms with Gasteiger partial charge in [0.2, 0.25) is 6.54 Å². The van der Waals surface area contributed by atoms with Gasteiger partial charge in [0.15, 0.2) is 0 Å². The van der Waals surface area contributed by atoms with Crippen LogP contribution in [0.4, 0.5) is 0 Å². The molecule has 10 heavy (non-hydrogen) atoms. The van der Waals surface area contributed by atoms with Crippen molar-refractivity contribution < 1.29 is 0 Å². The highest BCUT2D eigenvalue weighted by Gasteiger charge is 2.23. The van der Waals surface area contributed by atoms with Crippen LogP contribution in [0.3, 0.4) is 0 Å². The predicted octanol–water partition coefficient (Wildman–Crippen LogP) is 2.43. The number of hydrogen-bond acceptors (Lipinski definition) is 0. The molecule has 1 aliphatic rings. The van der Waals surface area contributed by atoms with Crippen LogP contribution >= 0.6 is 0 Å². The van der Waals surface area contributed by atoms with Crippen molar-refractivity contribution in [3.05, 3.63) is 35.7 Å². The van der Waals surface area contributed by atoms with Gasteiger partial charge in [-0.25, -0.2) is 6.57 Å². The smallest absolute Gasteiger partial charge is 0.223 e. The summed E-state index contributed by atoms with van der Waals surface area (Å²) in [4.78, 5) is 3.40. The molecule has 0 aromatic heterocycles. The molecule has 1 heteroatoms. The molecule has 0 heterocycles. The van der Waals surface area contributed by atoms with Crippen molar-refractivity contribution in [3.8, 4) is 0 Å². The average Bonchev–Trinajstić information content (AvgIpc) is 1.89. The Hall–Kier alpha value is -1.03. The lowest BCUT2D eigenvalue weighted by Crippen LogP contribution is -2.16. The Balaban J connectivity index is 2.63. The fourth-order valence-corrected chi connectivity index (χ4v) is 1.07. The Kier molecular flexibility index (Phi) is 1.91. The van der Waals surface area contributed by atoms with Crippen LogP contribution in [0, 0.1) is 12.0 Å². The molecule has 0 aliphatic heterocycles. The summed E-state index contributed by atoms with van der Waals surface area (Å²) in [6, 6.07) is 0. The molecule has 0 spiro atoms. The fourth-order valence-electron chi connectivity index (χ4n) is 1.07. The van der Waals surface area contributed by atoms with Gasteiger partial charge < -0.3 is 4.85 Å². The van der Waals surface area contributed by atoms with Crippen LogP contribution < -0.4 is 0 Å². The largest absolute Gasteiger partial charge is 0.316 e. The minimum absolute atomic E-state index is 0.108. The van der Waals surface area contributed by atoms with E-state index in [1.807, 2.05) is 12.2 Å². The minimum atomic E-state index is 0.108. The second kappa shape index (κ2) is 2.70. The summed E-state index contributed by atoms with van der Waals surface area (Å²) in [5.74, 6) is 0. The summed E-state index contributed by atoms with van der Waals surface area (Å²) in [5.41, 5.74) is 0.108. The second-order valence-corrected chi connectivity index (χ2v) is 2.96. The van der Waals surface area contributed by atoms with E-state index < -0.39 is 0 Å². The maximum absolute atomic E-state index is 6.73. The summed E-state index contributed by atoms with van der Waals surface area (Å²) < 4.78 is 0. The van der Waals surface area contributed by atoms with Crippen molar-refractivity contribution in [2.75, 3.05) is 6.54 Å². The third-order valence-corrected chi connectivity index (χ3v) is 1.77. The van der Waals surface area contributed by atoms with Crippen LogP contribution in [-0.2, 0) is 0 Å². The fraction of sp³-hybridized carbons (Fsp3) is 0.444. The summed E-state index contributed by atoms with van der Waals surface area (Å²) in [7, 11) is 0. The van der Waals surface area contributed by atoms with E-state index in [1.54, 1.807) is 0 Å². The van der Waals surface area contributed by atoms with E-state index in [0.29, 0.717) is 6.54 Å². The summed E-state index contributed by atoms with van der Waals surface area (Å²) in [6.45, 7) is 9.45. The first-order chi connectivity index (χ1) is 4.77. The minimum Gasteiger partial charge on any atom is -0.316 e. The molecule has 1 rings (SSSR count). The van der Waals surface area contributed by atoms with Gasteiger partial charge in [-0.2, -0.15) is 0 Å². The zero-order valence-electron chi connectivity index (χ0n) is 6.17. The molecule has 0 radical (unpaired) electrons. The predicted molar refractivity (Wildman–Crippen MR) is 42.5 cm³/mol. The van der Waals surface area contributed by atoms with Crippen LogP contribution in [0.2, 0.25) is 0 Å². The van der Waals surface area contributed by atoms with Crippen molar-refractivity contribution in [3.63, 3.8) is 0 Å². The van der Waals surface area contributed by atoms with E-state index in [4.69, 9.17) is 6.57 Å². The molecule has 1 atom stereocenters. The Morgan fingerprint density at radius 1 is 1.60 bits per heavy atom. The molecule has 0 aromatic carbocycles. The van der Waals surface area contributed by atoms with Crippen molar-refractivity contribution in [1.29, 1.82) is 0 Å². The topological polar surface area (TPSA) is 4.36 Å². The molecular formula is C9H11N. The summed E-state index contributed by atoms with van der Waals surface area (Å²) in [5, 5.41) is 0. The molecule has 0 bridgehead atoms. The molecular weight excluding hydrogens is 122 g/mol. The van der Waals surface area contributed by atoms with Gasteiger partial charge in [-0.15, -0.1) is 0 Å². The summed E-state index contributed by atoms with van der Waals surface area (Å²) in [6.07, 6.45) is 9.29. The Labute approximate surface area is 61.9 Å². The highest BCUT2D eigenvalue weighted by Crippen LogP contribution is 2.26. The van der Waals surface area contributed by atoms with Crippen molar-refractivity contribution in [1.82, 2.24) is 0 Å². The third kappa shape index (κ3) is 1.48. The van der Waals surface area contributed by atoms with Crippen LogP contribution in [0.5, 0.6) is 0 Å². The molecule has 52 valence electrons. The van der Waals surface area contributed by atoms with Gasteiger partial charge >= 0.3 is 0 Å². The van der Waals surface area contributed by atoms with Crippen molar-refractivity contribution in [2.45, 2.75) is 13.3 Å². The maximum atomic E-state index is 6.73. The standard InChI is InChI=1S/C9H11N/c1-9(8-10-2)6-4-3-5-7-9/h3-6H,7-8H2,1H3. The number of allylic oxidation sites excluding steroid dienone is 3. The highest BCUT2D eigenvalue weighted by molar-refractivity contribution is 5.16. The lowest BCUT2D eigenvalue weighted by Gasteiger charge is -2.19. The molecule has 0 fully saturated rings. The van der Waals surface area contributed by atoms with Crippen LogP contribution in [-0.4, -0.2) is 6.54 Å². The zero-order chi connectivity index (χ0) is 7.45. The van der Waals surface area contributed by atoms with Gasteiger partial charge in [-0.05, 0) is 13.3 Å². The van der Waals surface area contributed by atoms with Gasteiger partial charge in [0.25, 0.3) is 0 Å². The maximum Gasteiger partial charge on any atom is 0.223 e. The lowest BCUT2D eigenvalue weighted by atomic mass is 9.84. The van der Waals surface area contributed by atoms with Gasteiger partial charge in [0.05, 0.1) is 5.41 Å². The molecule has 0 N–H and O–H groups in total. The van der Waals surface area contributed by atoms with E-state index in [-0.39, 0.29) is 5.41 Å². The van der Waals surface area contributed by atoms with E-state index in [1.165, 1.54) is 0 Å². The Morgan fingerprint density at radius 2 is 2.40 bits per heavy atom. The average molecular weight is 133 g/mol. The Bertz CT molecular complexity index is 207. The molecule has 0 saturated carbocycles. The third-order valence-electron chi connectivity index (χ3n) is 1.77. The van der Waals surface area contributed by atoms with Crippen LogP contribution in [0.15, 0.2) is 24.3 Å². The van der Waals surface area contributed by atoms with Crippen molar-refractivity contribution in [2.24, 2.45) is 5.41 Å². The molecule has 0 saturated heterocycles. The van der Waals surface area contributed by atoms with Crippen LogP contribution in [0.1, 0.15) is 13.3 Å². The SMILES string of the molecule is [C-]#[N+]CC1(C)C=CC=CC1. The lowest BCUT2D eigenvalue weighted by molar-refractivity contribution is 0.470. The normalized spacial score (nSPS) is 30.0. The number of nitrogens with zero attached hydrogens (tertiary/aromatic N) is 1. The van der Waals surface area contributed by atoms with E-state index in [0.717, 1.165) is 6.42 Å². The van der Waals surface area contributed by atoms with Gasteiger partial charge in [-0.3, -0.25) is 0 Å². The van der Waals surface area contributed by atoms with Gasteiger partial charge in [-0.1, -0.05) is 24.3 Å². The quantitative estimate of drug-likeness (QED) is 0.484. The number of rotatable bonds is 1. The monoisotopic (exact) mass is 133 g/mol. The molecule has 0 amide bonds. The summed E-state index contributed by atoms with van der Waals surface area (Å²) >= 11 is 0. The zero-order valence-corrected chi connectivity index (χ0v) is 6.17. The number of hydrogen-bond donors (Lipinski definition) is 0. The highest BCUT2D eigenvalue weighted by atomic mass is 14.7. The van der Waals surface area contributed by atoms with Gasteiger partial charge in [0.1, 0.15) is 0 Å². The second-order valence-electron chi connectivity index (χ2n) is 2.96. The van der Waals surface area contributed by atoms with E-state index in [9.17, 15) is 0 Å². The Morgan fingerprint density at radius 3 is 2.90 bits per heavy atom. The van der Waals surface area contributed by atoms with Gasteiger partial charge in [0, 0.05) is 0 Å². The first-order valence-corrected chi connectivity index (χ1v) is 3.44. The first kappa shape index (κ1) is 7.08. The molecule has 1 unspecified atom stereocenters. The van der Waals surface area contributed by atoms with Crippen LogP contribution in [0.25, 0.3) is 4.85 Å². The molecule has 1 aliphatic carbocycles. The molecule has 0 aromatic rings. The van der Waals surface area contributed by atoms with E-state index in [2.05, 4.69) is 23.9 Å². The van der Waals surface area contributed by atoms with E-state index >= 15 is 0 Å². The van der Waals surface area contributed by atoms with Crippen molar-refractivity contribution >= 4 is 0 Å². The molecule has 1 nitrogen and oxygen atoms in total.